The highest BCUT2D eigenvalue weighted by Crippen LogP contribution is 2.15. The zero-order valence-corrected chi connectivity index (χ0v) is 8.30. The van der Waals surface area contributed by atoms with E-state index in [0.717, 1.165) is 26.2 Å². The van der Waals surface area contributed by atoms with E-state index < -0.39 is 0 Å². The summed E-state index contributed by atoms with van der Waals surface area (Å²) in [5.74, 6) is 0. The van der Waals surface area contributed by atoms with Crippen molar-refractivity contribution in [2.45, 2.75) is 32.4 Å². The predicted molar refractivity (Wildman–Crippen MR) is 50.2 cm³/mol. The van der Waals surface area contributed by atoms with Crippen molar-refractivity contribution in [2.24, 2.45) is 0 Å². The van der Waals surface area contributed by atoms with Crippen molar-refractivity contribution in [3.63, 3.8) is 0 Å². The first-order valence-electron chi connectivity index (χ1n) is 4.66. The molecule has 0 bridgehead atoms. The van der Waals surface area contributed by atoms with Crippen molar-refractivity contribution in [3.8, 4) is 0 Å². The highest BCUT2D eigenvalue weighted by molar-refractivity contribution is 4.88. The Morgan fingerprint density at radius 1 is 1.58 bits per heavy atom. The minimum Gasteiger partial charge on any atom is -0.392 e. The number of piperazine rings is 1. The Kier molecular flexibility index (Phi) is 3.09. The molecule has 1 aliphatic heterocycles. The smallest absolute Gasteiger partial charge is 0.0639 e. The lowest BCUT2D eigenvalue weighted by molar-refractivity contribution is 0.0413. The molecular formula is C9H20N2O. The second kappa shape index (κ2) is 3.73. The van der Waals surface area contributed by atoms with Gasteiger partial charge in [-0.2, -0.15) is 0 Å². The van der Waals surface area contributed by atoms with Crippen LogP contribution < -0.4 is 5.32 Å². The van der Waals surface area contributed by atoms with Gasteiger partial charge in [0.25, 0.3) is 0 Å². The van der Waals surface area contributed by atoms with Gasteiger partial charge in [-0.25, -0.2) is 0 Å². The van der Waals surface area contributed by atoms with Crippen LogP contribution in [0.3, 0.4) is 0 Å². The average Bonchev–Trinajstić information content (AvgIpc) is 1.92. The van der Waals surface area contributed by atoms with E-state index in [2.05, 4.69) is 24.1 Å². The summed E-state index contributed by atoms with van der Waals surface area (Å²) in [4.78, 5) is 2.34. The third-order valence-electron chi connectivity index (χ3n) is 2.46. The predicted octanol–water partition coefficient (Wildman–Crippen LogP) is 0.0510. The van der Waals surface area contributed by atoms with E-state index in [0.29, 0.717) is 0 Å². The van der Waals surface area contributed by atoms with Crippen molar-refractivity contribution in [1.82, 2.24) is 10.2 Å². The first kappa shape index (κ1) is 9.96. The van der Waals surface area contributed by atoms with Gasteiger partial charge < -0.3 is 10.4 Å². The summed E-state index contributed by atoms with van der Waals surface area (Å²) in [5, 5.41) is 12.6. The van der Waals surface area contributed by atoms with E-state index in [9.17, 15) is 5.11 Å². The Morgan fingerprint density at radius 2 is 2.25 bits per heavy atom. The van der Waals surface area contributed by atoms with E-state index in [-0.39, 0.29) is 11.6 Å². The van der Waals surface area contributed by atoms with Crippen molar-refractivity contribution >= 4 is 0 Å². The van der Waals surface area contributed by atoms with E-state index in [4.69, 9.17) is 0 Å². The molecule has 1 aliphatic rings. The Morgan fingerprint density at radius 3 is 2.75 bits per heavy atom. The highest BCUT2D eigenvalue weighted by Gasteiger charge is 2.29. The Hall–Kier alpha value is -0.120. The normalized spacial score (nSPS) is 27.0. The summed E-state index contributed by atoms with van der Waals surface area (Å²) < 4.78 is 0. The standard InChI is InChI=1S/C9H20N2O/c1-8(12)6-11-5-4-10-7-9(11,2)3/h8,10,12H,4-7H2,1-3H3. The molecule has 1 rings (SSSR count). The molecule has 2 N–H and O–H groups in total. The van der Waals surface area contributed by atoms with Crippen molar-refractivity contribution < 1.29 is 5.11 Å². The first-order valence-corrected chi connectivity index (χ1v) is 4.66. The Balaban J connectivity index is 2.48. The van der Waals surface area contributed by atoms with Crippen LogP contribution in [0.2, 0.25) is 0 Å². The number of aliphatic hydroxyl groups excluding tert-OH is 1. The summed E-state index contributed by atoms with van der Waals surface area (Å²) in [6, 6.07) is 0. The number of hydrogen-bond donors (Lipinski definition) is 2. The van der Waals surface area contributed by atoms with Gasteiger partial charge in [-0.1, -0.05) is 0 Å². The third kappa shape index (κ3) is 2.44. The maximum atomic E-state index is 9.27. The van der Waals surface area contributed by atoms with Crippen LogP contribution in [0.15, 0.2) is 0 Å². The number of nitrogens with one attached hydrogen (secondary N) is 1. The third-order valence-corrected chi connectivity index (χ3v) is 2.46. The maximum Gasteiger partial charge on any atom is 0.0639 e. The van der Waals surface area contributed by atoms with Crippen LogP contribution in [0.4, 0.5) is 0 Å². The highest BCUT2D eigenvalue weighted by atomic mass is 16.3. The van der Waals surface area contributed by atoms with E-state index >= 15 is 0 Å². The van der Waals surface area contributed by atoms with E-state index in [1.54, 1.807) is 0 Å². The Labute approximate surface area is 74.8 Å². The average molecular weight is 172 g/mol. The molecule has 0 aliphatic carbocycles. The quantitative estimate of drug-likeness (QED) is 0.618. The van der Waals surface area contributed by atoms with Gasteiger partial charge in [-0.3, -0.25) is 4.90 Å². The molecule has 0 aromatic rings. The molecule has 72 valence electrons. The summed E-state index contributed by atoms with van der Waals surface area (Å²) in [6.45, 7) is 10.1. The topological polar surface area (TPSA) is 35.5 Å². The van der Waals surface area contributed by atoms with Crippen molar-refractivity contribution in [1.29, 1.82) is 0 Å². The van der Waals surface area contributed by atoms with Crippen LogP contribution in [0, 0.1) is 0 Å². The van der Waals surface area contributed by atoms with Gasteiger partial charge in [0.05, 0.1) is 6.10 Å². The lowest BCUT2D eigenvalue weighted by atomic mass is 10.00. The van der Waals surface area contributed by atoms with Crippen molar-refractivity contribution in [2.75, 3.05) is 26.2 Å². The van der Waals surface area contributed by atoms with Gasteiger partial charge in [0.15, 0.2) is 0 Å². The fourth-order valence-corrected chi connectivity index (χ4v) is 1.68. The minimum absolute atomic E-state index is 0.190. The monoisotopic (exact) mass is 172 g/mol. The summed E-state index contributed by atoms with van der Waals surface area (Å²) in [5.41, 5.74) is 0.190. The van der Waals surface area contributed by atoms with Gasteiger partial charge >= 0.3 is 0 Å². The lowest BCUT2D eigenvalue weighted by Gasteiger charge is -2.43. The molecule has 1 atom stereocenters. The molecule has 0 spiro atoms. The zero-order valence-electron chi connectivity index (χ0n) is 8.30. The first-order chi connectivity index (χ1) is 5.52. The number of aliphatic hydroxyl groups is 1. The molecule has 12 heavy (non-hydrogen) atoms. The molecule has 0 amide bonds. The molecular weight excluding hydrogens is 152 g/mol. The van der Waals surface area contributed by atoms with Gasteiger partial charge in [0.1, 0.15) is 0 Å². The molecule has 3 heteroatoms. The molecule has 0 radical (unpaired) electrons. The lowest BCUT2D eigenvalue weighted by Crippen LogP contribution is -2.59. The van der Waals surface area contributed by atoms with Crippen LogP contribution in [-0.4, -0.2) is 47.8 Å². The second-order valence-electron chi connectivity index (χ2n) is 4.28. The molecule has 1 unspecified atom stereocenters. The molecule has 3 nitrogen and oxygen atoms in total. The van der Waals surface area contributed by atoms with Gasteiger partial charge in [-0.15, -0.1) is 0 Å². The number of rotatable bonds is 2. The van der Waals surface area contributed by atoms with E-state index in [1.165, 1.54) is 0 Å². The van der Waals surface area contributed by atoms with Crippen LogP contribution in [-0.2, 0) is 0 Å². The minimum atomic E-state index is -0.220. The van der Waals surface area contributed by atoms with Gasteiger partial charge in [0.2, 0.25) is 0 Å². The van der Waals surface area contributed by atoms with Crippen LogP contribution in [0.1, 0.15) is 20.8 Å². The van der Waals surface area contributed by atoms with Crippen LogP contribution in [0.5, 0.6) is 0 Å². The fraction of sp³-hybridized carbons (Fsp3) is 1.00. The SMILES string of the molecule is CC(O)CN1CCNCC1(C)C. The summed E-state index contributed by atoms with van der Waals surface area (Å²) >= 11 is 0. The maximum absolute atomic E-state index is 9.27. The molecule has 0 aromatic heterocycles. The molecule has 1 saturated heterocycles. The Bertz CT molecular complexity index is 145. The summed E-state index contributed by atoms with van der Waals surface area (Å²) in [7, 11) is 0. The van der Waals surface area contributed by atoms with Crippen LogP contribution in [0.25, 0.3) is 0 Å². The number of hydrogen-bond acceptors (Lipinski definition) is 3. The second-order valence-corrected chi connectivity index (χ2v) is 4.28. The summed E-state index contributed by atoms with van der Waals surface area (Å²) in [6.07, 6.45) is -0.220. The van der Waals surface area contributed by atoms with Crippen LogP contribution >= 0.6 is 0 Å². The largest absolute Gasteiger partial charge is 0.392 e. The molecule has 0 aromatic carbocycles. The fourth-order valence-electron chi connectivity index (χ4n) is 1.68. The molecule has 1 fully saturated rings. The molecule has 0 saturated carbocycles. The molecule has 1 heterocycles. The van der Waals surface area contributed by atoms with Gasteiger partial charge in [-0.05, 0) is 20.8 Å². The van der Waals surface area contributed by atoms with Crippen molar-refractivity contribution in [3.05, 3.63) is 0 Å². The number of nitrogens with zero attached hydrogens (tertiary/aromatic N) is 1. The van der Waals surface area contributed by atoms with Gasteiger partial charge in [0, 0.05) is 31.7 Å². The zero-order chi connectivity index (χ0) is 9.19. The number of β-amino-alcohol motifs (C(OH)–C–C–N with tert-alkyl or cyclic N) is 1. The van der Waals surface area contributed by atoms with E-state index in [1.807, 2.05) is 6.92 Å².